The van der Waals surface area contributed by atoms with Crippen molar-refractivity contribution < 1.29 is 9.50 Å². The molecule has 0 aromatic heterocycles. The van der Waals surface area contributed by atoms with Crippen LogP contribution in [0.4, 0.5) is 4.39 Å². The Morgan fingerprint density at radius 3 is 2.27 bits per heavy atom. The molecule has 7 heteroatoms. The number of rotatable bonds is 2. The van der Waals surface area contributed by atoms with Gasteiger partial charge < -0.3 is 10.4 Å². The Hall–Kier alpha value is -0.0700. The molecule has 128 valence electrons. The summed E-state index contributed by atoms with van der Waals surface area (Å²) < 4.78 is 14.3. The summed E-state index contributed by atoms with van der Waals surface area (Å²) in [6, 6.07) is 3.48. The second kappa shape index (κ2) is 8.69. The lowest BCUT2D eigenvalue weighted by atomic mass is 9.80. The molecular weight excluding hydrogens is 394 g/mol. The summed E-state index contributed by atoms with van der Waals surface area (Å²) in [6.07, 6.45) is 0. The lowest BCUT2D eigenvalue weighted by Gasteiger charge is -2.42. The third kappa shape index (κ3) is 4.71. The lowest BCUT2D eigenvalue weighted by Crippen LogP contribution is -2.48. The Labute approximate surface area is 152 Å². The van der Waals surface area contributed by atoms with Gasteiger partial charge >= 0.3 is 0 Å². The van der Waals surface area contributed by atoms with E-state index in [1.807, 2.05) is 6.07 Å². The first kappa shape index (κ1) is 21.9. The fourth-order valence-corrected chi connectivity index (χ4v) is 3.25. The maximum atomic E-state index is 14.0. The summed E-state index contributed by atoms with van der Waals surface area (Å²) in [7, 11) is 0. The summed E-state index contributed by atoms with van der Waals surface area (Å²) >= 11 is 3.12. The van der Waals surface area contributed by atoms with Gasteiger partial charge in [0.05, 0.1) is 4.47 Å². The smallest absolute Gasteiger partial charge is 0.179 e. The van der Waals surface area contributed by atoms with Crippen LogP contribution in [0.3, 0.4) is 0 Å². The molecule has 0 unspecified atom stereocenters. The first-order chi connectivity index (χ1) is 9.32. The van der Waals surface area contributed by atoms with E-state index in [1.54, 1.807) is 6.07 Å². The number of aromatic hydroxyl groups is 1. The predicted octanol–water partition coefficient (Wildman–Crippen LogP) is 4.13. The Morgan fingerprint density at radius 1 is 1.23 bits per heavy atom. The Balaban J connectivity index is 0.00000220. The molecule has 1 aromatic rings. The van der Waals surface area contributed by atoms with Gasteiger partial charge in [-0.1, -0.05) is 26.8 Å². The highest BCUT2D eigenvalue weighted by Crippen LogP contribution is 2.43. The summed E-state index contributed by atoms with van der Waals surface area (Å²) in [5.74, 6) is -0.815. The number of nitrogens with zero attached hydrogens (tertiary/aromatic N) is 1. The number of phenols is 1. The van der Waals surface area contributed by atoms with Crippen LogP contribution in [0, 0.1) is 11.2 Å². The maximum absolute atomic E-state index is 14.0. The molecule has 1 aliphatic rings. The van der Waals surface area contributed by atoms with Gasteiger partial charge in [0.15, 0.2) is 11.6 Å². The van der Waals surface area contributed by atoms with E-state index in [4.69, 9.17) is 0 Å². The van der Waals surface area contributed by atoms with Gasteiger partial charge in [0.2, 0.25) is 0 Å². The van der Waals surface area contributed by atoms with E-state index in [1.165, 1.54) is 0 Å². The zero-order chi connectivity index (χ0) is 14.9. The maximum Gasteiger partial charge on any atom is 0.179 e. The van der Waals surface area contributed by atoms with Crippen LogP contribution in [0.5, 0.6) is 5.75 Å². The quantitative estimate of drug-likeness (QED) is 0.759. The topological polar surface area (TPSA) is 35.5 Å². The van der Waals surface area contributed by atoms with Crippen molar-refractivity contribution in [3.63, 3.8) is 0 Å². The molecule has 1 heterocycles. The van der Waals surface area contributed by atoms with Crippen LogP contribution < -0.4 is 5.32 Å². The summed E-state index contributed by atoms with van der Waals surface area (Å²) in [5, 5.41) is 13.5. The van der Waals surface area contributed by atoms with Crippen LogP contribution in [-0.2, 0) is 0 Å². The number of hydrogen-bond donors (Lipinski definition) is 2. The van der Waals surface area contributed by atoms with Gasteiger partial charge in [-0.25, -0.2) is 4.39 Å². The number of phenolic OH excluding ortho intramolecular Hbond substituents is 1. The van der Waals surface area contributed by atoms with Crippen LogP contribution in [0.2, 0.25) is 0 Å². The number of hydrogen-bond acceptors (Lipinski definition) is 3. The zero-order valence-corrected chi connectivity index (χ0v) is 16.2. The second-order valence-electron chi connectivity index (χ2n) is 6.35. The van der Waals surface area contributed by atoms with Crippen molar-refractivity contribution in [3.8, 4) is 5.75 Å². The van der Waals surface area contributed by atoms with Crippen molar-refractivity contribution in [1.29, 1.82) is 0 Å². The van der Waals surface area contributed by atoms with E-state index in [0.29, 0.717) is 10.0 Å². The van der Waals surface area contributed by atoms with Gasteiger partial charge in [0.1, 0.15) is 0 Å². The Kier molecular flexibility index (Phi) is 8.66. The third-order valence-corrected chi connectivity index (χ3v) is 4.34. The van der Waals surface area contributed by atoms with Crippen LogP contribution >= 0.6 is 40.7 Å². The highest BCUT2D eigenvalue weighted by atomic mass is 79.9. The SMILES string of the molecule is CC(C)(C)[C@H](c1ccc(Br)c(F)c1O)N1CCNCC1.Cl.Cl. The second-order valence-corrected chi connectivity index (χ2v) is 7.21. The fourth-order valence-electron chi connectivity index (χ4n) is 2.93. The molecule has 2 rings (SSSR count). The van der Waals surface area contributed by atoms with Gasteiger partial charge in [0.25, 0.3) is 0 Å². The molecule has 1 aliphatic heterocycles. The van der Waals surface area contributed by atoms with Crippen LogP contribution in [-0.4, -0.2) is 36.2 Å². The van der Waals surface area contributed by atoms with Crippen LogP contribution in [0.15, 0.2) is 16.6 Å². The highest BCUT2D eigenvalue weighted by Gasteiger charge is 2.35. The molecule has 0 radical (unpaired) electrons. The molecular formula is C15H24BrCl2FN2O. The minimum Gasteiger partial charge on any atom is -0.505 e. The molecule has 0 amide bonds. The van der Waals surface area contributed by atoms with Gasteiger partial charge in [-0.15, -0.1) is 24.8 Å². The van der Waals surface area contributed by atoms with Crippen molar-refractivity contribution in [2.45, 2.75) is 26.8 Å². The van der Waals surface area contributed by atoms with E-state index < -0.39 is 5.82 Å². The standard InChI is InChI=1S/C15H22BrFN2O.2ClH/c1-15(2,3)14(19-8-6-18-7-9-19)10-4-5-11(16)12(17)13(10)20;;/h4-5,14,18,20H,6-9H2,1-3H3;2*1H/t14-;;/m0../s1. The van der Waals surface area contributed by atoms with E-state index >= 15 is 0 Å². The van der Waals surface area contributed by atoms with Gasteiger partial charge in [-0.05, 0) is 27.4 Å². The highest BCUT2D eigenvalue weighted by molar-refractivity contribution is 9.10. The van der Waals surface area contributed by atoms with Crippen LogP contribution in [0.25, 0.3) is 0 Å². The van der Waals surface area contributed by atoms with Crippen molar-refractivity contribution in [2.24, 2.45) is 5.41 Å². The fraction of sp³-hybridized carbons (Fsp3) is 0.600. The Bertz CT molecular complexity index is 491. The van der Waals surface area contributed by atoms with Crippen molar-refractivity contribution >= 4 is 40.7 Å². The number of nitrogens with one attached hydrogen (secondary N) is 1. The van der Waals surface area contributed by atoms with E-state index in [0.717, 1.165) is 26.2 Å². The van der Waals surface area contributed by atoms with Gasteiger partial charge in [-0.3, -0.25) is 4.90 Å². The summed E-state index contributed by atoms with van der Waals surface area (Å²) in [6.45, 7) is 10.0. The van der Waals surface area contributed by atoms with Crippen LogP contribution in [0.1, 0.15) is 32.4 Å². The van der Waals surface area contributed by atoms with E-state index in [-0.39, 0.29) is 42.0 Å². The molecule has 1 saturated heterocycles. The first-order valence-electron chi connectivity index (χ1n) is 6.94. The third-order valence-electron chi connectivity index (χ3n) is 3.73. The molecule has 3 nitrogen and oxygen atoms in total. The summed E-state index contributed by atoms with van der Waals surface area (Å²) in [4.78, 5) is 2.32. The van der Waals surface area contributed by atoms with E-state index in [2.05, 4.69) is 46.9 Å². The van der Waals surface area contributed by atoms with Crippen molar-refractivity contribution in [1.82, 2.24) is 10.2 Å². The molecule has 2 N–H and O–H groups in total. The minimum absolute atomic E-state index is 0. The minimum atomic E-state index is -0.577. The molecule has 1 aromatic carbocycles. The average molecular weight is 418 g/mol. The van der Waals surface area contributed by atoms with Gasteiger partial charge in [-0.2, -0.15) is 0 Å². The van der Waals surface area contributed by atoms with Crippen molar-refractivity contribution in [3.05, 3.63) is 28.0 Å². The van der Waals surface area contributed by atoms with E-state index in [9.17, 15) is 9.50 Å². The molecule has 0 spiro atoms. The normalized spacial score (nSPS) is 17.3. The molecule has 1 fully saturated rings. The largest absolute Gasteiger partial charge is 0.505 e. The predicted molar refractivity (Wildman–Crippen MR) is 96.9 cm³/mol. The van der Waals surface area contributed by atoms with Gasteiger partial charge in [0, 0.05) is 37.8 Å². The van der Waals surface area contributed by atoms with Crippen molar-refractivity contribution in [2.75, 3.05) is 26.2 Å². The molecule has 0 saturated carbocycles. The average Bonchev–Trinajstić information content (AvgIpc) is 2.39. The number of benzene rings is 1. The Morgan fingerprint density at radius 2 is 1.77 bits per heavy atom. The molecule has 22 heavy (non-hydrogen) atoms. The summed E-state index contributed by atoms with van der Waals surface area (Å²) in [5.41, 5.74) is 0.579. The monoisotopic (exact) mass is 416 g/mol. The molecule has 0 aliphatic carbocycles. The number of piperazine rings is 1. The number of halogens is 4. The zero-order valence-electron chi connectivity index (χ0n) is 13.0. The first-order valence-corrected chi connectivity index (χ1v) is 7.73. The molecule has 0 bridgehead atoms. The lowest BCUT2D eigenvalue weighted by molar-refractivity contribution is 0.0838. The molecule has 1 atom stereocenters.